The summed E-state index contributed by atoms with van der Waals surface area (Å²) in [5.74, 6) is 1.43. The lowest BCUT2D eigenvalue weighted by Crippen LogP contribution is -2.32. The fourth-order valence-corrected chi connectivity index (χ4v) is 2.55. The normalized spacial score (nSPS) is 19.8. The van der Waals surface area contributed by atoms with E-state index in [1.807, 2.05) is 18.2 Å². The Morgan fingerprint density at radius 2 is 2.21 bits per heavy atom. The summed E-state index contributed by atoms with van der Waals surface area (Å²) in [6.07, 6.45) is 1.19. The predicted octanol–water partition coefficient (Wildman–Crippen LogP) is 2.19. The number of hydrogen-bond acceptors (Lipinski definition) is 3. The maximum absolute atomic E-state index is 12.0. The number of carbonyl (C=O) groups excluding carboxylic acids is 1. The van der Waals surface area contributed by atoms with Gasteiger partial charge < -0.3 is 11.1 Å². The Labute approximate surface area is 115 Å². The van der Waals surface area contributed by atoms with Crippen molar-refractivity contribution in [1.82, 2.24) is 4.90 Å². The SMILES string of the molecule is CC(C)C1CCN(CC(=O)Nc2ccccc2N)C1. The maximum Gasteiger partial charge on any atom is 0.238 e. The molecule has 104 valence electrons. The van der Waals surface area contributed by atoms with E-state index < -0.39 is 0 Å². The van der Waals surface area contributed by atoms with Gasteiger partial charge in [-0.2, -0.15) is 0 Å². The fraction of sp³-hybridized carbons (Fsp3) is 0.533. The summed E-state index contributed by atoms with van der Waals surface area (Å²) in [6.45, 7) is 6.99. The number of nitrogens with two attached hydrogens (primary N) is 1. The molecule has 0 saturated carbocycles. The molecule has 1 amide bonds. The van der Waals surface area contributed by atoms with Crippen LogP contribution < -0.4 is 11.1 Å². The molecule has 1 heterocycles. The summed E-state index contributed by atoms with van der Waals surface area (Å²) in [5.41, 5.74) is 7.12. The number of nitrogens with zero attached hydrogens (tertiary/aromatic N) is 1. The minimum absolute atomic E-state index is 0.0160. The first-order valence-electron chi connectivity index (χ1n) is 6.93. The lowest BCUT2D eigenvalue weighted by molar-refractivity contribution is -0.117. The summed E-state index contributed by atoms with van der Waals surface area (Å²) in [6, 6.07) is 7.35. The molecule has 1 aromatic carbocycles. The van der Waals surface area contributed by atoms with Crippen LogP contribution in [0.3, 0.4) is 0 Å². The van der Waals surface area contributed by atoms with Crippen molar-refractivity contribution in [3.8, 4) is 0 Å². The highest BCUT2D eigenvalue weighted by atomic mass is 16.2. The van der Waals surface area contributed by atoms with Crippen LogP contribution in [0.4, 0.5) is 11.4 Å². The van der Waals surface area contributed by atoms with E-state index in [1.165, 1.54) is 6.42 Å². The second kappa shape index (κ2) is 6.06. The molecule has 0 aliphatic carbocycles. The van der Waals surface area contributed by atoms with Crippen LogP contribution in [0, 0.1) is 11.8 Å². The first kappa shape index (κ1) is 13.9. The fourth-order valence-electron chi connectivity index (χ4n) is 2.55. The molecule has 19 heavy (non-hydrogen) atoms. The van der Waals surface area contributed by atoms with Gasteiger partial charge in [0.25, 0.3) is 0 Å². The van der Waals surface area contributed by atoms with Gasteiger partial charge in [0, 0.05) is 6.54 Å². The summed E-state index contributed by atoms with van der Waals surface area (Å²) in [7, 11) is 0. The van der Waals surface area contributed by atoms with E-state index in [-0.39, 0.29) is 5.91 Å². The zero-order chi connectivity index (χ0) is 13.8. The minimum atomic E-state index is 0.0160. The average molecular weight is 261 g/mol. The van der Waals surface area contributed by atoms with Crippen molar-refractivity contribution in [2.75, 3.05) is 30.7 Å². The maximum atomic E-state index is 12.0. The van der Waals surface area contributed by atoms with Gasteiger partial charge in [-0.3, -0.25) is 9.69 Å². The number of benzene rings is 1. The number of nitrogens with one attached hydrogen (secondary N) is 1. The van der Waals surface area contributed by atoms with Crippen molar-refractivity contribution < 1.29 is 4.79 Å². The highest BCUT2D eigenvalue weighted by Gasteiger charge is 2.25. The highest BCUT2D eigenvalue weighted by molar-refractivity contribution is 5.95. The number of likely N-dealkylation sites (tertiary alicyclic amines) is 1. The van der Waals surface area contributed by atoms with E-state index in [0.717, 1.165) is 19.0 Å². The van der Waals surface area contributed by atoms with Crippen molar-refractivity contribution in [3.05, 3.63) is 24.3 Å². The zero-order valence-corrected chi connectivity index (χ0v) is 11.7. The molecular weight excluding hydrogens is 238 g/mol. The van der Waals surface area contributed by atoms with E-state index in [2.05, 4.69) is 24.1 Å². The van der Waals surface area contributed by atoms with E-state index >= 15 is 0 Å². The lowest BCUT2D eigenvalue weighted by Gasteiger charge is -2.17. The van der Waals surface area contributed by atoms with E-state index in [0.29, 0.717) is 23.8 Å². The van der Waals surface area contributed by atoms with Gasteiger partial charge in [0.15, 0.2) is 0 Å². The van der Waals surface area contributed by atoms with Gasteiger partial charge >= 0.3 is 0 Å². The van der Waals surface area contributed by atoms with E-state index in [4.69, 9.17) is 5.73 Å². The largest absolute Gasteiger partial charge is 0.397 e. The summed E-state index contributed by atoms with van der Waals surface area (Å²) < 4.78 is 0. The number of hydrogen-bond donors (Lipinski definition) is 2. The Kier molecular flexibility index (Phi) is 4.43. The third-order valence-corrected chi connectivity index (χ3v) is 3.85. The topological polar surface area (TPSA) is 58.4 Å². The molecule has 1 saturated heterocycles. The number of amides is 1. The monoisotopic (exact) mass is 261 g/mol. The number of rotatable bonds is 4. The Balaban J connectivity index is 1.84. The van der Waals surface area contributed by atoms with E-state index in [9.17, 15) is 4.79 Å². The van der Waals surface area contributed by atoms with Gasteiger partial charge in [0.1, 0.15) is 0 Å². The number of anilines is 2. The Morgan fingerprint density at radius 1 is 1.47 bits per heavy atom. The third-order valence-electron chi connectivity index (χ3n) is 3.85. The van der Waals surface area contributed by atoms with Crippen LogP contribution in [0.25, 0.3) is 0 Å². The van der Waals surface area contributed by atoms with Crippen molar-refractivity contribution in [1.29, 1.82) is 0 Å². The van der Waals surface area contributed by atoms with Crippen molar-refractivity contribution in [2.24, 2.45) is 11.8 Å². The number of para-hydroxylation sites is 2. The van der Waals surface area contributed by atoms with Crippen molar-refractivity contribution in [2.45, 2.75) is 20.3 Å². The summed E-state index contributed by atoms with van der Waals surface area (Å²) >= 11 is 0. The predicted molar refractivity (Wildman–Crippen MR) is 78.9 cm³/mol. The van der Waals surface area contributed by atoms with Gasteiger partial charge in [0.2, 0.25) is 5.91 Å². The second-order valence-corrected chi connectivity index (χ2v) is 5.66. The first-order chi connectivity index (χ1) is 9.06. The quantitative estimate of drug-likeness (QED) is 0.817. The molecule has 3 N–H and O–H groups in total. The van der Waals surface area contributed by atoms with Crippen LogP contribution in [0.1, 0.15) is 20.3 Å². The van der Waals surface area contributed by atoms with Crippen LogP contribution in [0.15, 0.2) is 24.3 Å². The van der Waals surface area contributed by atoms with Crippen molar-refractivity contribution >= 4 is 17.3 Å². The average Bonchev–Trinajstić information content (AvgIpc) is 2.80. The van der Waals surface area contributed by atoms with Crippen molar-refractivity contribution in [3.63, 3.8) is 0 Å². The Hall–Kier alpha value is -1.55. The molecule has 1 atom stereocenters. The van der Waals surface area contributed by atoms with Crippen LogP contribution in [-0.4, -0.2) is 30.4 Å². The number of nitrogen functional groups attached to an aromatic ring is 1. The molecular formula is C15H23N3O. The smallest absolute Gasteiger partial charge is 0.238 e. The zero-order valence-electron chi connectivity index (χ0n) is 11.7. The molecule has 1 aromatic rings. The summed E-state index contributed by atoms with van der Waals surface area (Å²) in [4.78, 5) is 14.2. The van der Waals surface area contributed by atoms with Crippen LogP contribution in [-0.2, 0) is 4.79 Å². The standard InChI is InChI=1S/C15H23N3O/c1-11(2)12-7-8-18(9-12)10-15(19)17-14-6-4-3-5-13(14)16/h3-6,11-12H,7-10,16H2,1-2H3,(H,17,19). The summed E-state index contributed by atoms with van der Waals surface area (Å²) in [5, 5.41) is 2.88. The molecule has 1 unspecified atom stereocenters. The number of carbonyl (C=O) groups is 1. The van der Waals surface area contributed by atoms with Crippen LogP contribution in [0.5, 0.6) is 0 Å². The molecule has 0 radical (unpaired) electrons. The third kappa shape index (κ3) is 3.70. The highest BCUT2D eigenvalue weighted by Crippen LogP contribution is 2.23. The molecule has 0 bridgehead atoms. The minimum Gasteiger partial charge on any atom is -0.397 e. The van der Waals surface area contributed by atoms with Gasteiger partial charge in [0.05, 0.1) is 17.9 Å². The van der Waals surface area contributed by atoms with Gasteiger partial charge in [-0.1, -0.05) is 26.0 Å². The van der Waals surface area contributed by atoms with Crippen LogP contribution >= 0.6 is 0 Å². The van der Waals surface area contributed by atoms with Gasteiger partial charge in [-0.25, -0.2) is 0 Å². The molecule has 4 heteroatoms. The Morgan fingerprint density at radius 3 is 2.84 bits per heavy atom. The molecule has 0 spiro atoms. The van der Waals surface area contributed by atoms with Gasteiger partial charge in [-0.15, -0.1) is 0 Å². The lowest BCUT2D eigenvalue weighted by atomic mass is 9.95. The second-order valence-electron chi connectivity index (χ2n) is 5.66. The molecule has 4 nitrogen and oxygen atoms in total. The molecule has 0 aromatic heterocycles. The van der Waals surface area contributed by atoms with Crippen LogP contribution in [0.2, 0.25) is 0 Å². The van der Waals surface area contributed by atoms with E-state index in [1.54, 1.807) is 6.07 Å². The Bertz CT molecular complexity index is 445. The molecule has 1 aliphatic heterocycles. The molecule has 1 aliphatic rings. The first-order valence-corrected chi connectivity index (χ1v) is 6.93. The molecule has 2 rings (SSSR count). The molecule has 1 fully saturated rings. The van der Waals surface area contributed by atoms with Gasteiger partial charge in [-0.05, 0) is 36.9 Å².